The summed E-state index contributed by atoms with van der Waals surface area (Å²) in [5, 5.41) is 6.50. The van der Waals surface area contributed by atoms with Crippen molar-refractivity contribution >= 4 is 34.5 Å². The minimum atomic E-state index is -0.190. The molecule has 2 N–H and O–H groups in total. The average molecular weight is 556 g/mol. The number of nitrogens with zero attached hydrogens (tertiary/aromatic N) is 1. The van der Waals surface area contributed by atoms with Crippen LogP contribution in [0.5, 0.6) is 11.5 Å². The maximum atomic E-state index is 13.3. The Balaban J connectivity index is 1.32. The molecule has 5 rings (SSSR count). The van der Waals surface area contributed by atoms with Crippen LogP contribution in [0.25, 0.3) is 11.3 Å². The van der Waals surface area contributed by atoms with Gasteiger partial charge in [0, 0.05) is 23.9 Å². The number of piperidine rings is 1. The van der Waals surface area contributed by atoms with E-state index in [4.69, 9.17) is 14.2 Å². The van der Waals surface area contributed by atoms with E-state index in [0.717, 1.165) is 55.7 Å². The number of rotatable bonds is 10. The number of carbonyl (C=O) groups excluding carboxylic acids is 2. The third kappa shape index (κ3) is 6.38. The number of esters is 1. The van der Waals surface area contributed by atoms with Crippen molar-refractivity contribution in [2.75, 3.05) is 51.1 Å². The summed E-state index contributed by atoms with van der Waals surface area (Å²) in [7, 11) is 3.16. The highest BCUT2D eigenvalue weighted by molar-refractivity contribution is 6.37. The number of nitrogens with one attached hydrogen (secondary N) is 2. The number of ether oxygens (including phenoxy) is 3. The molecule has 0 bridgehead atoms. The Morgan fingerprint density at radius 2 is 1.66 bits per heavy atom. The fourth-order valence-electron chi connectivity index (χ4n) is 5.47. The molecule has 1 fully saturated rings. The van der Waals surface area contributed by atoms with Gasteiger partial charge in [0.25, 0.3) is 5.91 Å². The predicted octanol–water partition coefficient (Wildman–Crippen LogP) is 5.45. The van der Waals surface area contributed by atoms with E-state index >= 15 is 0 Å². The number of amides is 1. The van der Waals surface area contributed by atoms with Crippen molar-refractivity contribution in [1.82, 2.24) is 4.90 Å². The van der Waals surface area contributed by atoms with Gasteiger partial charge in [-0.15, -0.1) is 0 Å². The zero-order chi connectivity index (χ0) is 28.8. The van der Waals surface area contributed by atoms with E-state index in [2.05, 4.69) is 27.7 Å². The van der Waals surface area contributed by atoms with Gasteiger partial charge in [-0.25, -0.2) is 0 Å². The standard InChI is InChI=1S/C33H37N3O5/c1-4-41-33(38)24-15-18-36(19-16-24)17-14-22-10-12-25(13-11-22)34-31(23-8-6-5-7-9-23)30-26-20-28(39-2)29(40-3)21-27(26)35-32(30)37/h5-13,20-21,24,34H,4,14-19H2,1-3H3,(H,35,37). The molecule has 1 saturated heterocycles. The summed E-state index contributed by atoms with van der Waals surface area (Å²) in [6, 6.07) is 21.8. The van der Waals surface area contributed by atoms with Gasteiger partial charge in [-0.1, -0.05) is 42.5 Å². The van der Waals surface area contributed by atoms with Crippen LogP contribution in [0.1, 0.15) is 36.5 Å². The lowest BCUT2D eigenvalue weighted by molar-refractivity contribution is -0.149. The molecule has 2 aliphatic heterocycles. The second kappa shape index (κ2) is 12.9. The molecule has 3 aromatic carbocycles. The topological polar surface area (TPSA) is 89.1 Å². The molecule has 0 atom stereocenters. The van der Waals surface area contributed by atoms with E-state index in [0.29, 0.717) is 35.1 Å². The Bertz CT molecular complexity index is 1410. The van der Waals surface area contributed by atoms with Crippen LogP contribution in [-0.4, -0.2) is 57.2 Å². The molecule has 8 heteroatoms. The number of benzene rings is 3. The molecule has 41 heavy (non-hydrogen) atoms. The fraction of sp³-hybridized carbons (Fsp3) is 0.333. The Morgan fingerprint density at radius 3 is 2.32 bits per heavy atom. The largest absolute Gasteiger partial charge is 0.493 e. The summed E-state index contributed by atoms with van der Waals surface area (Å²) in [4.78, 5) is 27.7. The zero-order valence-electron chi connectivity index (χ0n) is 23.9. The summed E-state index contributed by atoms with van der Waals surface area (Å²) >= 11 is 0. The molecule has 2 heterocycles. The van der Waals surface area contributed by atoms with Gasteiger partial charge < -0.3 is 29.7 Å². The van der Waals surface area contributed by atoms with E-state index in [9.17, 15) is 9.59 Å². The summed E-state index contributed by atoms with van der Waals surface area (Å²) in [6.07, 6.45) is 2.64. The monoisotopic (exact) mass is 555 g/mol. The van der Waals surface area contributed by atoms with Crippen molar-refractivity contribution in [3.8, 4) is 11.5 Å². The zero-order valence-corrected chi connectivity index (χ0v) is 23.9. The van der Waals surface area contributed by atoms with Crippen LogP contribution in [0.2, 0.25) is 0 Å². The van der Waals surface area contributed by atoms with Crippen LogP contribution < -0.4 is 20.1 Å². The molecule has 0 radical (unpaired) electrons. The first-order valence-electron chi connectivity index (χ1n) is 14.1. The lowest BCUT2D eigenvalue weighted by Gasteiger charge is -2.30. The van der Waals surface area contributed by atoms with Crippen LogP contribution in [0.4, 0.5) is 11.4 Å². The Morgan fingerprint density at radius 1 is 0.976 bits per heavy atom. The molecule has 214 valence electrons. The van der Waals surface area contributed by atoms with Crippen LogP contribution in [-0.2, 0) is 20.7 Å². The first-order valence-corrected chi connectivity index (χ1v) is 14.1. The smallest absolute Gasteiger partial charge is 0.309 e. The van der Waals surface area contributed by atoms with E-state index in [-0.39, 0.29) is 17.8 Å². The normalized spacial score (nSPS) is 16.5. The third-order valence-electron chi connectivity index (χ3n) is 7.73. The van der Waals surface area contributed by atoms with Gasteiger partial charge in [0.15, 0.2) is 11.5 Å². The Labute approximate surface area is 241 Å². The van der Waals surface area contributed by atoms with Gasteiger partial charge in [0.2, 0.25) is 0 Å². The lowest BCUT2D eigenvalue weighted by Crippen LogP contribution is -2.38. The predicted molar refractivity (Wildman–Crippen MR) is 161 cm³/mol. The van der Waals surface area contributed by atoms with Crippen molar-refractivity contribution in [3.63, 3.8) is 0 Å². The highest BCUT2D eigenvalue weighted by atomic mass is 16.5. The molecule has 0 spiro atoms. The van der Waals surface area contributed by atoms with Crippen LogP contribution >= 0.6 is 0 Å². The van der Waals surface area contributed by atoms with Gasteiger partial charge in [-0.05, 0) is 68.6 Å². The Hall–Kier alpha value is -4.30. The first kappa shape index (κ1) is 28.2. The first-order chi connectivity index (χ1) is 20.0. The van der Waals surface area contributed by atoms with Gasteiger partial charge in [0.1, 0.15) is 0 Å². The van der Waals surface area contributed by atoms with Crippen molar-refractivity contribution in [2.24, 2.45) is 5.92 Å². The van der Waals surface area contributed by atoms with Crippen LogP contribution in [0.15, 0.2) is 66.7 Å². The number of likely N-dealkylation sites (tertiary alicyclic amines) is 1. The van der Waals surface area contributed by atoms with Crippen molar-refractivity contribution < 1.29 is 23.8 Å². The number of hydrogen-bond acceptors (Lipinski definition) is 7. The van der Waals surface area contributed by atoms with Crippen LogP contribution in [0.3, 0.4) is 0 Å². The molecule has 0 saturated carbocycles. The summed E-state index contributed by atoms with van der Waals surface area (Å²) < 4.78 is 16.1. The van der Waals surface area contributed by atoms with E-state index in [1.165, 1.54) is 5.56 Å². The Kier molecular flexibility index (Phi) is 8.89. The van der Waals surface area contributed by atoms with E-state index in [1.54, 1.807) is 20.3 Å². The SMILES string of the molecule is CCOC(=O)C1CCN(CCc2ccc(NC(=C3C(=O)Nc4cc(OC)c(OC)cc43)c3ccccc3)cc2)CC1. The second-order valence-corrected chi connectivity index (χ2v) is 10.3. The minimum absolute atomic E-state index is 0.0292. The summed E-state index contributed by atoms with van der Waals surface area (Å²) in [5.41, 5.74) is 5.71. The summed E-state index contributed by atoms with van der Waals surface area (Å²) in [5.74, 6) is 0.896. The minimum Gasteiger partial charge on any atom is -0.493 e. The van der Waals surface area contributed by atoms with Crippen molar-refractivity contribution in [1.29, 1.82) is 0 Å². The molecule has 1 amide bonds. The van der Waals surface area contributed by atoms with E-state index in [1.807, 2.05) is 55.5 Å². The molecule has 8 nitrogen and oxygen atoms in total. The number of fused-ring (bicyclic) bond motifs is 1. The van der Waals surface area contributed by atoms with Crippen molar-refractivity contribution in [2.45, 2.75) is 26.2 Å². The quantitative estimate of drug-likeness (QED) is 0.254. The molecule has 3 aromatic rings. The lowest BCUT2D eigenvalue weighted by atomic mass is 9.96. The van der Waals surface area contributed by atoms with Crippen LogP contribution in [0, 0.1) is 5.92 Å². The number of hydrogen-bond donors (Lipinski definition) is 2. The number of methoxy groups -OCH3 is 2. The third-order valence-corrected chi connectivity index (χ3v) is 7.73. The van der Waals surface area contributed by atoms with Gasteiger partial charge in [-0.2, -0.15) is 0 Å². The number of carbonyl (C=O) groups is 2. The maximum Gasteiger partial charge on any atom is 0.309 e. The fourth-order valence-corrected chi connectivity index (χ4v) is 5.47. The molecule has 2 aliphatic rings. The van der Waals surface area contributed by atoms with Crippen molar-refractivity contribution in [3.05, 3.63) is 83.4 Å². The van der Waals surface area contributed by atoms with E-state index < -0.39 is 0 Å². The number of anilines is 2. The highest BCUT2D eigenvalue weighted by Gasteiger charge is 2.30. The summed E-state index contributed by atoms with van der Waals surface area (Å²) in [6.45, 7) is 5.07. The molecular weight excluding hydrogens is 518 g/mol. The maximum absolute atomic E-state index is 13.3. The van der Waals surface area contributed by atoms with Gasteiger partial charge in [-0.3, -0.25) is 9.59 Å². The average Bonchev–Trinajstić information content (AvgIpc) is 3.33. The molecule has 0 aliphatic carbocycles. The van der Waals surface area contributed by atoms with Gasteiger partial charge in [0.05, 0.1) is 43.7 Å². The molecule has 0 unspecified atom stereocenters. The van der Waals surface area contributed by atoms with Gasteiger partial charge >= 0.3 is 5.97 Å². The highest BCUT2D eigenvalue weighted by Crippen LogP contribution is 2.43. The second-order valence-electron chi connectivity index (χ2n) is 10.3. The molecular formula is C33H37N3O5. The molecule has 0 aromatic heterocycles.